The molecule has 1 N–H and O–H groups in total. The third kappa shape index (κ3) is 4.59. The fraction of sp³-hybridized carbons (Fsp3) is 0.304. The lowest BCUT2D eigenvalue weighted by Gasteiger charge is -2.36. The number of rotatable bonds is 5. The third-order valence-corrected chi connectivity index (χ3v) is 5.21. The van der Waals surface area contributed by atoms with Crippen LogP contribution in [0.15, 0.2) is 60.7 Å². The molecule has 2 heterocycles. The van der Waals surface area contributed by atoms with Gasteiger partial charge in [-0.1, -0.05) is 18.2 Å². The van der Waals surface area contributed by atoms with Crippen LogP contribution in [0.1, 0.15) is 5.69 Å². The van der Waals surface area contributed by atoms with Crippen molar-refractivity contribution in [2.75, 3.05) is 60.3 Å². The number of hydrogen-bond acceptors (Lipinski definition) is 6. The fourth-order valence-corrected chi connectivity index (χ4v) is 3.57. The highest BCUT2D eigenvalue weighted by Crippen LogP contribution is 2.23. The predicted octanol–water partition coefficient (Wildman–Crippen LogP) is 3.92. The number of anilines is 5. The van der Waals surface area contributed by atoms with Gasteiger partial charge in [0.1, 0.15) is 5.82 Å². The Hall–Kier alpha value is -3.28. The second-order valence-corrected chi connectivity index (χ2v) is 7.57. The molecule has 0 saturated carbocycles. The molecule has 1 aliphatic rings. The van der Waals surface area contributed by atoms with Gasteiger partial charge < -0.3 is 20.0 Å². The molecule has 0 amide bonds. The van der Waals surface area contributed by atoms with Crippen molar-refractivity contribution in [2.45, 2.75) is 6.92 Å². The molecule has 0 spiro atoms. The molecular formula is C23H28N6. The maximum absolute atomic E-state index is 4.78. The van der Waals surface area contributed by atoms with Crippen LogP contribution >= 0.6 is 0 Å². The van der Waals surface area contributed by atoms with Gasteiger partial charge in [0.15, 0.2) is 0 Å². The maximum atomic E-state index is 4.78. The Balaban J connectivity index is 1.44. The van der Waals surface area contributed by atoms with Crippen LogP contribution in [0.5, 0.6) is 0 Å². The zero-order chi connectivity index (χ0) is 20.2. The molecular weight excluding hydrogens is 360 g/mol. The number of nitrogens with zero attached hydrogens (tertiary/aromatic N) is 5. The van der Waals surface area contributed by atoms with Crippen molar-refractivity contribution < 1.29 is 0 Å². The molecule has 0 atom stereocenters. The molecule has 2 aromatic carbocycles. The van der Waals surface area contributed by atoms with Crippen LogP contribution in [-0.2, 0) is 0 Å². The second kappa shape index (κ2) is 8.39. The summed E-state index contributed by atoms with van der Waals surface area (Å²) in [6.07, 6.45) is 0. The van der Waals surface area contributed by atoms with Crippen LogP contribution in [0.2, 0.25) is 0 Å². The second-order valence-electron chi connectivity index (χ2n) is 7.57. The summed E-state index contributed by atoms with van der Waals surface area (Å²) in [6, 6.07) is 21.0. The maximum Gasteiger partial charge on any atom is 0.229 e. The number of para-hydroxylation sites is 1. The molecule has 1 saturated heterocycles. The van der Waals surface area contributed by atoms with Crippen LogP contribution in [0.4, 0.5) is 28.8 Å². The summed E-state index contributed by atoms with van der Waals surface area (Å²) in [6.45, 7) is 5.89. The van der Waals surface area contributed by atoms with Crippen LogP contribution in [-0.4, -0.2) is 50.2 Å². The topological polar surface area (TPSA) is 47.5 Å². The molecule has 0 bridgehead atoms. The monoisotopic (exact) mass is 388 g/mol. The highest BCUT2D eigenvalue weighted by molar-refractivity contribution is 5.60. The Morgan fingerprint density at radius 2 is 1.48 bits per heavy atom. The van der Waals surface area contributed by atoms with Gasteiger partial charge in [0, 0.05) is 69.1 Å². The Kier molecular flexibility index (Phi) is 5.51. The van der Waals surface area contributed by atoms with Crippen molar-refractivity contribution >= 4 is 28.8 Å². The zero-order valence-corrected chi connectivity index (χ0v) is 17.3. The molecule has 150 valence electrons. The van der Waals surface area contributed by atoms with E-state index in [1.54, 1.807) is 0 Å². The van der Waals surface area contributed by atoms with E-state index in [9.17, 15) is 0 Å². The third-order valence-electron chi connectivity index (χ3n) is 5.21. The Bertz CT molecular complexity index is 931. The van der Waals surface area contributed by atoms with E-state index in [1.165, 1.54) is 5.69 Å². The van der Waals surface area contributed by atoms with Gasteiger partial charge in [0.2, 0.25) is 5.95 Å². The number of piperazine rings is 1. The van der Waals surface area contributed by atoms with Crippen molar-refractivity contribution in [3.63, 3.8) is 0 Å². The van der Waals surface area contributed by atoms with Gasteiger partial charge in [-0.05, 0) is 43.3 Å². The average Bonchev–Trinajstić information content (AvgIpc) is 2.74. The summed E-state index contributed by atoms with van der Waals surface area (Å²) in [5.41, 5.74) is 4.40. The molecule has 0 unspecified atom stereocenters. The molecule has 0 aliphatic carbocycles. The Morgan fingerprint density at radius 3 is 2.14 bits per heavy atom. The van der Waals surface area contributed by atoms with Crippen molar-refractivity contribution in [3.8, 4) is 0 Å². The highest BCUT2D eigenvalue weighted by atomic mass is 15.3. The van der Waals surface area contributed by atoms with Gasteiger partial charge in [-0.15, -0.1) is 0 Å². The Labute approximate surface area is 172 Å². The smallest absolute Gasteiger partial charge is 0.229 e. The SMILES string of the molecule is Cc1cc(N2CCN(c3ccccc3)CC2)nc(Nc2ccc(N(C)C)cc2)n1. The first kappa shape index (κ1) is 19.1. The van der Waals surface area contributed by atoms with Gasteiger partial charge >= 0.3 is 0 Å². The largest absolute Gasteiger partial charge is 0.378 e. The van der Waals surface area contributed by atoms with Gasteiger partial charge in [-0.2, -0.15) is 4.98 Å². The molecule has 0 radical (unpaired) electrons. The summed E-state index contributed by atoms with van der Waals surface area (Å²) in [5, 5.41) is 3.35. The van der Waals surface area contributed by atoms with Crippen LogP contribution in [0.25, 0.3) is 0 Å². The van der Waals surface area contributed by atoms with E-state index in [-0.39, 0.29) is 0 Å². The van der Waals surface area contributed by atoms with Crippen molar-refractivity contribution in [2.24, 2.45) is 0 Å². The van der Waals surface area contributed by atoms with Crippen molar-refractivity contribution in [1.29, 1.82) is 0 Å². The van der Waals surface area contributed by atoms with E-state index >= 15 is 0 Å². The minimum absolute atomic E-state index is 0.642. The summed E-state index contributed by atoms with van der Waals surface area (Å²) >= 11 is 0. The quantitative estimate of drug-likeness (QED) is 0.715. The summed E-state index contributed by atoms with van der Waals surface area (Å²) in [5.74, 6) is 1.63. The molecule has 6 heteroatoms. The first-order valence-corrected chi connectivity index (χ1v) is 10.0. The molecule has 1 fully saturated rings. The average molecular weight is 389 g/mol. The first-order chi connectivity index (χ1) is 14.1. The number of hydrogen-bond donors (Lipinski definition) is 1. The van der Waals surface area contributed by atoms with Crippen LogP contribution in [0, 0.1) is 6.92 Å². The van der Waals surface area contributed by atoms with E-state index in [0.717, 1.165) is 49.1 Å². The predicted molar refractivity (Wildman–Crippen MR) is 122 cm³/mol. The van der Waals surface area contributed by atoms with Gasteiger partial charge in [0.25, 0.3) is 0 Å². The lowest BCUT2D eigenvalue weighted by molar-refractivity contribution is 0.647. The first-order valence-electron chi connectivity index (χ1n) is 10.0. The minimum atomic E-state index is 0.642. The standard InChI is InChI=1S/C23H28N6/c1-18-17-22(29-15-13-28(14-16-29)21-7-5-4-6-8-21)26-23(24-18)25-19-9-11-20(12-10-19)27(2)3/h4-12,17H,13-16H2,1-3H3,(H,24,25,26). The number of benzene rings is 2. The lowest BCUT2D eigenvalue weighted by atomic mass is 10.2. The number of aromatic nitrogens is 2. The molecule has 3 aromatic rings. The van der Waals surface area contributed by atoms with E-state index in [2.05, 4.69) is 85.7 Å². The molecule has 6 nitrogen and oxygen atoms in total. The van der Waals surface area contributed by atoms with Crippen LogP contribution < -0.4 is 20.0 Å². The summed E-state index contributed by atoms with van der Waals surface area (Å²) in [7, 11) is 4.08. The van der Waals surface area contributed by atoms with Gasteiger partial charge in [-0.25, -0.2) is 4.98 Å². The van der Waals surface area contributed by atoms with E-state index in [4.69, 9.17) is 4.98 Å². The van der Waals surface area contributed by atoms with Gasteiger partial charge in [0.05, 0.1) is 0 Å². The van der Waals surface area contributed by atoms with E-state index in [0.29, 0.717) is 5.95 Å². The Morgan fingerprint density at radius 1 is 0.828 bits per heavy atom. The fourth-order valence-electron chi connectivity index (χ4n) is 3.57. The number of nitrogens with one attached hydrogen (secondary N) is 1. The summed E-state index contributed by atoms with van der Waals surface area (Å²) in [4.78, 5) is 16.2. The van der Waals surface area contributed by atoms with Crippen molar-refractivity contribution in [3.05, 3.63) is 66.4 Å². The highest BCUT2D eigenvalue weighted by Gasteiger charge is 2.19. The zero-order valence-electron chi connectivity index (χ0n) is 17.3. The van der Waals surface area contributed by atoms with E-state index in [1.807, 2.05) is 21.0 Å². The van der Waals surface area contributed by atoms with E-state index < -0.39 is 0 Å². The number of aryl methyl sites for hydroxylation is 1. The lowest BCUT2D eigenvalue weighted by Crippen LogP contribution is -2.46. The van der Waals surface area contributed by atoms with Gasteiger partial charge in [-0.3, -0.25) is 0 Å². The molecule has 1 aromatic heterocycles. The molecule has 29 heavy (non-hydrogen) atoms. The molecule has 4 rings (SSSR count). The minimum Gasteiger partial charge on any atom is -0.378 e. The molecule has 1 aliphatic heterocycles. The van der Waals surface area contributed by atoms with Crippen LogP contribution in [0.3, 0.4) is 0 Å². The normalized spacial score (nSPS) is 14.0. The van der Waals surface area contributed by atoms with Crippen molar-refractivity contribution in [1.82, 2.24) is 9.97 Å². The summed E-state index contributed by atoms with van der Waals surface area (Å²) < 4.78 is 0.